The fourth-order valence-corrected chi connectivity index (χ4v) is 4.42. The first-order valence-corrected chi connectivity index (χ1v) is 13.2. The van der Waals surface area contributed by atoms with Crippen LogP contribution in [0.3, 0.4) is 0 Å². The molecule has 0 unspecified atom stereocenters. The van der Waals surface area contributed by atoms with Gasteiger partial charge in [-0.15, -0.1) is 0 Å². The molecule has 0 fully saturated rings. The molecule has 0 spiro atoms. The van der Waals surface area contributed by atoms with Gasteiger partial charge in [-0.1, -0.05) is 54.1 Å². The molecule has 3 N–H and O–H groups in total. The van der Waals surface area contributed by atoms with Gasteiger partial charge in [-0.3, -0.25) is 14.9 Å². The van der Waals surface area contributed by atoms with E-state index in [2.05, 4.69) is 44.0 Å². The van der Waals surface area contributed by atoms with Crippen molar-refractivity contribution in [3.63, 3.8) is 0 Å². The largest absolute Gasteiger partial charge is 0.492 e. The maximum Gasteiger partial charge on any atom is 0.257 e. The molecule has 4 aromatic rings. The van der Waals surface area contributed by atoms with Crippen molar-refractivity contribution in [3.05, 3.63) is 123 Å². The molecule has 0 radical (unpaired) electrons. The summed E-state index contributed by atoms with van der Waals surface area (Å²) in [6.07, 6.45) is 0.777. The number of anilines is 2. The van der Waals surface area contributed by atoms with Crippen LogP contribution < -0.4 is 20.7 Å². The van der Waals surface area contributed by atoms with Gasteiger partial charge in [0.05, 0.1) is 11.1 Å². The van der Waals surface area contributed by atoms with E-state index in [1.54, 1.807) is 66.7 Å². The molecule has 192 valence electrons. The lowest BCUT2D eigenvalue weighted by Crippen LogP contribution is -2.34. The summed E-state index contributed by atoms with van der Waals surface area (Å²) in [5.74, 6) is -0.0401. The van der Waals surface area contributed by atoms with E-state index in [4.69, 9.17) is 28.6 Å². The molecule has 4 rings (SSSR count). The number of thiocarbonyl (C=S) groups is 1. The summed E-state index contributed by atoms with van der Waals surface area (Å²) in [7, 11) is 0. The Labute approximate surface area is 239 Å². The Hall–Kier alpha value is -3.72. The van der Waals surface area contributed by atoms with Crippen LogP contribution >= 0.6 is 39.7 Å². The molecule has 0 atom stereocenters. The van der Waals surface area contributed by atoms with Crippen molar-refractivity contribution >= 4 is 68.1 Å². The molecule has 6 nitrogen and oxygen atoms in total. The number of nitrogens with one attached hydrogen (secondary N) is 3. The van der Waals surface area contributed by atoms with E-state index >= 15 is 0 Å². The second-order valence-corrected chi connectivity index (χ2v) is 9.88. The van der Waals surface area contributed by atoms with Crippen LogP contribution in [0, 0.1) is 0 Å². The predicted molar refractivity (Wildman–Crippen MR) is 159 cm³/mol. The lowest BCUT2D eigenvalue weighted by molar-refractivity contribution is 0.0976. The normalized spacial score (nSPS) is 10.4. The summed E-state index contributed by atoms with van der Waals surface area (Å²) in [6, 6.07) is 28.8. The van der Waals surface area contributed by atoms with Gasteiger partial charge in [0.1, 0.15) is 5.75 Å². The van der Waals surface area contributed by atoms with E-state index < -0.39 is 0 Å². The zero-order chi connectivity index (χ0) is 26.9. The molecule has 0 aliphatic carbocycles. The summed E-state index contributed by atoms with van der Waals surface area (Å²) in [5, 5.41) is 9.02. The highest BCUT2D eigenvalue weighted by Gasteiger charge is 2.12. The van der Waals surface area contributed by atoms with Gasteiger partial charge in [0.2, 0.25) is 0 Å². The molecule has 38 heavy (non-hydrogen) atoms. The zero-order valence-corrected chi connectivity index (χ0v) is 23.2. The summed E-state index contributed by atoms with van der Waals surface area (Å²) >= 11 is 14.8. The van der Waals surface area contributed by atoms with Gasteiger partial charge in [-0.25, -0.2) is 0 Å². The summed E-state index contributed by atoms with van der Waals surface area (Å²) in [5.41, 5.74) is 3.15. The maximum absolute atomic E-state index is 12.7. The third-order valence-corrected chi connectivity index (χ3v) is 6.44. The van der Waals surface area contributed by atoms with Gasteiger partial charge in [-0.2, -0.15) is 0 Å². The van der Waals surface area contributed by atoms with E-state index in [1.165, 1.54) is 5.56 Å². The third-order valence-electron chi connectivity index (χ3n) is 5.38. The third kappa shape index (κ3) is 7.89. The highest BCUT2D eigenvalue weighted by molar-refractivity contribution is 9.10. The number of amides is 2. The number of benzene rings is 4. The van der Waals surface area contributed by atoms with Gasteiger partial charge in [0, 0.05) is 33.9 Å². The molecule has 2 amide bonds. The quantitative estimate of drug-likeness (QED) is 0.186. The Balaban J connectivity index is 1.30. The molecule has 0 saturated carbocycles. The fraction of sp³-hybridized carbons (Fsp3) is 0.0690. The van der Waals surface area contributed by atoms with Gasteiger partial charge in [0.25, 0.3) is 11.8 Å². The molecular formula is C29H23BrClN3O3S. The van der Waals surface area contributed by atoms with Crippen LogP contribution in [0.1, 0.15) is 26.3 Å². The smallest absolute Gasteiger partial charge is 0.257 e. The van der Waals surface area contributed by atoms with Gasteiger partial charge >= 0.3 is 0 Å². The van der Waals surface area contributed by atoms with Crippen LogP contribution in [-0.4, -0.2) is 23.5 Å². The van der Waals surface area contributed by atoms with Gasteiger partial charge in [-0.05, 0) is 88.3 Å². The highest BCUT2D eigenvalue weighted by Crippen LogP contribution is 2.26. The van der Waals surface area contributed by atoms with E-state index in [9.17, 15) is 9.59 Å². The first kappa shape index (κ1) is 27.3. The number of hydrogen-bond donors (Lipinski definition) is 3. The number of hydrogen-bond acceptors (Lipinski definition) is 4. The van der Waals surface area contributed by atoms with E-state index in [0.29, 0.717) is 44.4 Å². The second-order valence-electron chi connectivity index (χ2n) is 8.18. The fourth-order valence-electron chi connectivity index (χ4n) is 3.53. The van der Waals surface area contributed by atoms with Crippen LogP contribution in [0.25, 0.3) is 0 Å². The van der Waals surface area contributed by atoms with Crippen LogP contribution in [0.2, 0.25) is 5.02 Å². The van der Waals surface area contributed by atoms with Crippen molar-refractivity contribution in [3.8, 4) is 5.75 Å². The van der Waals surface area contributed by atoms with Crippen molar-refractivity contribution in [2.24, 2.45) is 0 Å². The number of rotatable bonds is 8. The topological polar surface area (TPSA) is 79.5 Å². The van der Waals surface area contributed by atoms with E-state index in [0.717, 1.165) is 6.42 Å². The highest BCUT2D eigenvalue weighted by atomic mass is 79.9. The average molecular weight is 609 g/mol. The average Bonchev–Trinajstić information content (AvgIpc) is 2.90. The van der Waals surface area contributed by atoms with Crippen molar-refractivity contribution in [1.82, 2.24) is 5.32 Å². The molecule has 0 heterocycles. The van der Waals surface area contributed by atoms with Crippen LogP contribution in [0.5, 0.6) is 5.75 Å². The first-order valence-electron chi connectivity index (χ1n) is 11.6. The number of carbonyl (C=O) groups is 2. The minimum atomic E-state index is -0.381. The Kier molecular flexibility index (Phi) is 9.48. The minimum absolute atomic E-state index is 0.0988. The second kappa shape index (κ2) is 13.2. The summed E-state index contributed by atoms with van der Waals surface area (Å²) < 4.78 is 6.52. The van der Waals surface area contributed by atoms with Crippen LogP contribution in [-0.2, 0) is 6.42 Å². The Morgan fingerprint density at radius 3 is 2.24 bits per heavy atom. The van der Waals surface area contributed by atoms with Crippen LogP contribution in [0.15, 0.2) is 102 Å². The van der Waals surface area contributed by atoms with E-state index in [1.807, 2.05) is 18.2 Å². The lowest BCUT2D eigenvalue weighted by Gasteiger charge is -2.12. The maximum atomic E-state index is 12.7. The number of ether oxygens (including phenoxy) is 1. The number of carbonyl (C=O) groups excluding carboxylic acids is 2. The predicted octanol–water partition coefficient (Wildman–Crippen LogP) is 7.10. The van der Waals surface area contributed by atoms with Crippen molar-refractivity contribution in [1.29, 1.82) is 0 Å². The molecular weight excluding hydrogens is 586 g/mol. The molecule has 0 bridgehead atoms. The molecule has 0 saturated heterocycles. The van der Waals surface area contributed by atoms with Crippen molar-refractivity contribution < 1.29 is 14.3 Å². The monoisotopic (exact) mass is 607 g/mol. The Morgan fingerprint density at radius 2 is 1.50 bits per heavy atom. The molecule has 4 aromatic carbocycles. The summed E-state index contributed by atoms with van der Waals surface area (Å²) in [6.45, 7) is 0.512. The van der Waals surface area contributed by atoms with Crippen LogP contribution in [0.4, 0.5) is 11.4 Å². The summed E-state index contributed by atoms with van der Waals surface area (Å²) in [4.78, 5) is 25.4. The molecule has 9 heteroatoms. The number of halogens is 2. The molecule has 0 aliphatic rings. The first-order chi connectivity index (χ1) is 18.4. The van der Waals surface area contributed by atoms with Crippen molar-refractivity contribution in [2.45, 2.75) is 6.42 Å². The zero-order valence-electron chi connectivity index (χ0n) is 20.0. The lowest BCUT2D eigenvalue weighted by atomic mass is 10.1. The van der Waals surface area contributed by atoms with Gasteiger partial charge < -0.3 is 15.4 Å². The standard InChI is InChI=1S/C29H23BrClN3O3S/c30-25-17-21(12-13-26(25)37-15-14-19-6-2-1-3-7-19)28(36)34-29(38)33-23-10-4-8-20(16-23)27(35)32-24-11-5-9-22(31)18-24/h1-13,16-18H,14-15H2,(H,32,35)(H2,33,34,36,38). The SMILES string of the molecule is O=C(NC(=S)Nc1cccc(C(=O)Nc2cccc(Cl)c2)c1)c1ccc(OCCc2ccccc2)c(Br)c1. The van der Waals surface area contributed by atoms with E-state index in [-0.39, 0.29) is 16.9 Å². The molecule has 0 aromatic heterocycles. The van der Waals surface area contributed by atoms with Gasteiger partial charge in [0.15, 0.2) is 5.11 Å². The van der Waals surface area contributed by atoms with Crippen molar-refractivity contribution in [2.75, 3.05) is 17.2 Å². The molecule has 0 aliphatic heterocycles. The minimum Gasteiger partial charge on any atom is -0.492 e. The Bertz CT molecular complexity index is 1470. The Morgan fingerprint density at radius 1 is 0.789 bits per heavy atom.